The SMILES string of the molecule is COc1cccc2cc(C(C)C)oc(=O)c12. The van der Waals surface area contributed by atoms with E-state index in [1.807, 2.05) is 32.0 Å². The second kappa shape index (κ2) is 4.00. The maximum absolute atomic E-state index is 11.8. The van der Waals surface area contributed by atoms with Crippen molar-refractivity contribution in [1.82, 2.24) is 0 Å². The molecule has 0 fully saturated rings. The maximum atomic E-state index is 11.8. The van der Waals surface area contributed by atoms with E-state index in [1.165, 1.54) is 0 Å². The molecule has 0 saturated carbocycles. The molecule has 84 valence electrons. The van der Waals surface area contributed by atoms with Crippen LogP contribution >= 0.6 is 0 Å². The highest BCUT2D eigenvalue weighted by atomic mass is 16.5. The quantitative estimate of drug-likeness (QED) is 0.778. The van der Waals surface area contributed by atoms with Crippen LogP contribution in [0.4, 0.5) is 0 Å². The molecule has 0 N–H and O–H groups in total. The first-order valence-electron chi connectivity index (χ1n) is 5.24. The van der Waals surface area contributed by atoms with Crippen molar-refractivity contribution >= 4 is 10.8 Å². The fourth-order valence-electron chi connectivity index (χ4n) is 1.68. The monoisotopic (exact) mass is 218 g/mol. The van der Waals surface area contributed by atoms with Gasteiger partial charge in [0.15, 0.2) is 0 Å². The van der Waals surface area contributed by atoms with Gasteiger partial charge in [0, 0.05) is 5.92 Å². The van der Waals surface area contributed by atoms with Crippen molar-refractivity contribution in [3.8, 4) is 5.75 Å². The van der Waals surface area contributed by atoms with Crippen LogP contribution in [-0.2, 0) is 0 Å². The molecule has 0 spiro atoms. The normalized spacial score (nSPS) is 11.0. The Balaban J connectivity index is 2.81. The zero-order valence-electron chi connectivity index (χ0n) is 9.61. The van der Waals surface area contributed by atoms with Gasteiger partial charge in [-0.05, 0) is 17.5 Å². The lowest BCUT2D eigenvalue weighted by Crippen LogP contribution is -2.04. The van der Waals surface area contributed by atoms with Crippen LogP contribution in [0.1, 0.15) is 25.5 Å². The standard InChI is InChI=1S/C13H14O3/c1-8(2)11-7-9-5-4-6-10(15-3)12(9)13(14)16-11/h4-8H,1-3H3. The Morgan fingerprint density at radius 1 is 1.31 bits per heavy atom. The Morgan fingerprint density at radius 3 is 2.69 bits per heavy atom. The second-order valence-electron chi connectivity index (χ2n) is 4.02. The van der Waals surface area contributed by atoms with E-state index in [1.54, 1.807) is 13.2 Å². The van der Waals surface area contributed by atoms with E-state index in [9.17, 15) is 4.79 Å². The predicted molar refractivity (Wildman–Crippen MR) is 63.1 cm³/mol. The minimum atomic E-state index is -0.335. The number of hydrogen-bond donors (Lipinski definition) is 0. The summed E-state index contributed by atoms with van der Waals surface area (Å²) < 4.78 is 10.4. The van der Waals surface area contributed by atoms with Crippen LogP contribution in [0.2, 0.25) is 0 Å². The maximum Gasteiger partial charge on any atom is 0.347 e. The Morgan fingerprint density at radius 2 is 2.06 bits per heavy atom. The van der Waals surface area contributed by atoms with Gasteiger partial charge in [-0.25, -0.2) is 4.79 Å². The molecule has 0 atom stereocenters. The molecule has 0 aliphatic rings. The topological polar surface area (TPSA) is 39.4 Å². The highest BCUT2D eigenvalue weighted by Crippen LogP contribution is 2.24. The summed E-state index contributed by atoms with van der Waals surface area (Å²) in [6, 6.07) is 7.41. The van der Waals surface area contributed by atoms with Gasteiger partial charge in [-0.3, -0.25) is 0 Å². The van der Waals surface area contributed by atoms with Crippen molar-refractivity contribution in [2.45, 2.75) is 19.8 Å². The average Bonchev–Trinajstić information content (AvgIpc) is 2.27. The van der Waals surface area contributed by atoms with E-state index < -0.39 is 0 Å². The van der Waals surface area contributed by atoms with E-state index >= 15 is 0 Å². The molecule has 0 unspecified atom stereocenters. The van der Waals surface area contributed by atoms with Gasteiger partial charge >= 0.3 is 5.63 Å². The first-order valence-corrected chi connectivity index (χ1v) is 5.24. The molecule has 0 radical (unpaired) electrons. The lowest BCUT2D eigenvalue weighted by molar-refractivity contribution is 0.412. The smallest absolute Gasteiger partial charge is 0.347 e. The van der Waals surface area contributed by atoms with Gasteiger partial charge in [0.2, 0.25) is 0 Å². The number of methoxy groups -OCH3 is 1. The minimum Gasteiger partial charge on any atom is -0.496 e. The van der Waals surface area contributed by atoms with Gasteiger partial charge in [0.05, 0.1) is 7.11 Å². The third kappa shape index (κ3) is 1.69. The summed E-state index contributed by atoms with van der Waals surface area (Å²) in [4.78, 5) is 11.8. The number of benzene rings is 1. The summed E-state index contributed by atoms with van der Waals surface area (Å²) in [5.74, 6) is 1.45. The summed E-state index contributed by atoms with van der Waals surface area (Å²) >= 11 is 0. The van der Waals surface area contributed by atoms with Crippen LogP contribution in [0.15, 0.2) is 33.5 Å². The first-order chi connectivity index (χ1) is 7.63. The third-order valence-electron chi connectivity index (χ3n) is 2.56. The summed E-state index contributed by atoms with van der Waals surface area (Å²) in [6.07, 6.45) is 0. The lowest BCUT2D eigenvalue weighted by atomic mass is 10.1. The van der Waals surface area contributed by atoms with Gasteiger partial charge in [-0.15, -0.1) is 0 Å². The van der Waals surface area contributed by atoms with Crippen LogP contribution in [0, 0.1) is 0 Å². The molecular weight excluding hydrogens is 204 g/mol. The molecule has 0 bridgehead atoms. The first kappa shape index (κ1) is 10.7. The van der Waals surface area contributed by atoms with Gasteiger partial charge in [0.1, 0.15) is 16.9 Å². The van der Waals surface area contributed by atoms with Crippen molar-refractivity contribution in [3.63, 3.8) is 0 Å². The molecule has 3 nitrogen and oxygen atoms in total. The minimum absolute atomic E-state index is 0.198. The number of rotatable bonds is 2. The highest BCUT2D eigenvalue weighted by Gasteiger charge is 2.10. The molecule has 1 aromatic heterocycles. The van der Waals surface area contributed by atoms with E-state index in [0.29, 0.717) is 16.9 Å². The predicted octanol–water partition coefficient (Wildman–Crippen LogP) is 2.93. The summed E-state index contributed by atoms with van der Waals surface area (Å²) in [5.41, 5.74) is -0.335. The molecule has 3 heteroatoms. The molecular formula is C13H14O3. The molecule has 0 amide bonds. The Kier molecular flexibility index (Phi) is 2.69. The largest absolute Gasteiger partial charge is 0.496 e. The van der Waals surface area contributed by atoms with Gasteiger partial charge in [0.25, 0.3) is 0 Å². The molecule has 1 heterocycles. The second-order valence-corrected chi connectivity index (χ2v) is 4.02. The zero-order chi connectivity index (χ0) is 11.7. The van der Waals surface area contributed by atoms with Crippen LogP contribution in [0.3, 0.4) is 0 Å². The van der Waals surface area contributed by atoms with Crippen LogP contribution in [0.5, 0.6) is 5.75 Å². The molecule has 2 aromatic rings. The average molecular weight is 218 g/mol. The number of fused-ring (bicyclic) bond motifs is 1. The molecule has 16 heavy (non-hydrogen) atoms. The van der Waals surface area contributed by atoms with Gasteiger partial charge in [-0.1, -0.05) is 26.0 Å². The highest BCUT2D eigenvalue weighted by molar-refractivity contribution is 5.87. The van der Waals surface area contributed by atoms with Crippen LogP contribution in [-0.4, -0.2) is 7.11 Å². The van der Waals surface area contributed by atoms with Gasteiger partial charge < -0.3 is 9.15 Å². The fourth-order valence-corrected chi connectivity index (χ4v) is 1.68. The Hall–Kier alpha value is -1.77. The molecule has 2 rings (SSSR count). The summed E-state index contributed by atoms with van der Waals surface area (Å²) in [5, 5.41) is 1.37. The van der Waals surface area contributed by atoms with Crippen molar-refractivity contribution < 1.29 is 9.15 Å². The van der Waals surface area contributed by atoms with E-state index in [4.69, 9.17) is 9.15 Å². The van der Waals surface area contributed by atoms with Gasteiger partial charge in [-0.2, -0.15) is 0 Å². The van der Waals surface area contributed by atoms with Crippen LogP contribution in [0.25, 0.3) is 10.8 Å². The van der Waals surface area contributed by atoms with Crippen molar-refractivity contribution in [3.05, 3.63) is 40.4 Å². The number of ether oxygens (including phenoxy) is 1. The third-order valence-corrected chi connectivity index (χ3v) is 2.56. The fraction of sp³-hybridized carbons (Fsp3) is 0.308. The molecule has 1 aromatic carbocycles. The Labute approximate surface area is 93.7 Å². The lowest BCUT2D eigenvalue weighted by Gasteiger charge is -2.07. The van der Waals surface area contributed by atoms with E-state index in [2.05, 4.69) is 0 Å². The van der Waals surface area contributed by atoms with E-state index in [0.717, 1.165) is 5.39 Å². The zero-order valence-corrected chi connectivity index (χ0v) is 9.61. The molecule has 0 aliphatic carbocycles. The van der Waals surface area contributed by atoms with Crippen LogP contribution < -0.4 is 10.4 Å². The Bertz CT molecular complexity index is 567. The van der Waals surface area contributed by atoms with Crippen molar-refractivity contribution in [2.75, 3.05) is 7.11 Å². The van der Waals surface area contributed by atoms with E-state index in [-0.39, 0.29) is 11.5 Å². The molecule has 0 saturated heterocycles. The number of hydrogen-bond acceptors (Lipinski definition) is 3. The van der Waals surface area contributed by atoms with Crippen molar-refractivity contribution in [1.29, 1.82) is 0 Å². The summed E-state index contributed by atoms with van der Waals surface area (Å²) in [7, 11) is 1.55. The van der Waals surface area contributed by atoms with Crippen molar-refractivity contribution in [2.24, 2.45) is 0 Å². The molecule has 0 aliphatic heterocycles. The summed E-state index contributed by atoms with van der Waals surface area (Å²) in [6.45, 7) is 3.98.